The molecule has 0 radical (unpaired) electrons. The first-order valence-corrected chi connectivity index (χ1v) is 5.68. The van der Waals surface area contributed by atoms with Crippen LogP contribution in [0.25, 0.3) is 11.4 Å². The summed E-state index contributed by atoms with van der Waals surface area (Å²) in [5, 5.41) is 11.2. The molecule has 20 heavy (non-hydrogen) atoms. The molecule has 0 amide bonds. The maximum atomic E-state index is 12.3. The van der Waals surface area contributed by atoms with Gasteiger partial charge in [-0.3, -0.25) is 0 Å². The Bertz CT molecular complexity index is 569. The average molecular weight is 300 g/mol. The summed E-state index contributed by atoms with van der Waals surface area (Å²) >= 11 is 0. The third-order valence-corrected chi connectivity index (χ3v) is 2.57. The molecule has 2 N–H and O–H groups in total. The molecule has 0 unspecified atom stereocenters. The zero-order valence-corrected chi connectivity index (χ0v) is 11.7. The van der Waals surface area contributed by atoms with Crippen LogP contribution >= 0.6 is 12.4 Å². The van der Waals surface area contributed by atoms with Gasteiger partial charge in [-0.05, 0) is 34.7 Å². The second kappa shape index (κ2) is 7.56. The van der Waals surface area contributed by atoms with Crippen molar-refractivity contribution < 1.29 is 9.13 Å². The van der Waals surface area contributed by atoms with E-state index in [0.29, 0.717) is 23.5 Å². The summed E-state index contributed by atoms with van der Waals surface area (Å²) in [5.41, 5.74) is 6.62. The maximum Gasteiger partial charge on any atom is 0.181 e. The van der Waals surface area contributed by atoms with Gasteiger partial charge in [0.15, 0.2) is 5.82 Å². The van der Waals surface area contributed by atoms with Crippen LogP contribution in [0.4, 0.5) is 4.39 Å². The number of aromatic nitrogens is 4. The highest BCUT2D eigenvalue weighted by Gasteiger charge is 2.05. The summed E-state index contributed by atoms with van der Waals surface area (Å²) in [6.45, 7) is 0.275. The summed E-state index contributed by atoms with van der Waals surface area (Å²) in [4.78, 5) is 0. The van der Waals surface area contributed by atoms with Crippen molar-refractivity contribution in [1.29, 1.82) is 0 Å². The summed E-state index contributed by atoms with van der Waals surface area (Å²) in [6, 6.07) is 7.22. The minimum Gasteiger partial charge on any atom is -0.489 e. The Labute approximate surface area is 121 Å². The zero-order valence-electron chi connectivity index (χ0n) is 10.9. The third-order valence-electron chi connectivity index (χ3n) is 2.57. The van der Waals surface area contributed by atoms with Crippen molar-refractivity contribution in [2.75, 3.05) is 13.2 Å². The van der Waals surface area contributed by atoms with Crippen LogP contribution in [0.3, 0.4) is 0 Å². The number of tetrazole rings is 1. The molecular formula is C12H15ClFN5O. The topological polar surface area (TPSA) is 78.8 Å². The maximum absolute atomic E-state index is 12.3. The van der Waals surface area contributed by atoms with Crippen molar-refractivity contribution in [3.63, 3.8) is 0 Å². The van der Waals surface area contributed by atoms with Crippen LogP contribution in [0.1, 0.15) is 0 Å². The summed E-state index contributed by atoms with van der Waals surface area (Å²) < 4.78 is 19.3. The first kappa shape index (κ1) is 16.1. The molecule has 0 saturated carbocycles. The molecule has 1 heterocycles. The van der Waals surface area contributed by atoms with E-state index in [1.165, 1.54) is 0 Å². The van der Waals surface area contributed by atoms with Gasteiger partial charge in [-0.15, -0.1) is 17.5 Å². The van der Waals surface area contributed by atoms with Crippen LogP contribution in [0, 0.1) is 0 Å². The van der Waals surface area contributed by atoms with Crippen LogP contribution in [0.15, 0.2) is 36.2 Å². The number of hydrogen-bond donors (Lipinski definition) is 1. The van der Waals surface area contributed by atoms with Gasteiger partial charge in [-0.2, -0.15) is 0 Å². The Balaban J connectivity index is 0.00000200. The molecule has 0 aliphatic carbocycles. The van der Waals surface area contributed by atoms with E-state index in [1.807, 2.05) is 12.1 Å². The van der Waals surface area contributed by atoms with E-state index in [1.54, 1.807) is 23.9 Å². The molecule has 0 atom stereocenters. The monoisotopic (exact) mass is 299 g/mol. The van der Waals surface area contributed by atoms with E-state index in [9.17, 15) is 4.39 Å². The number of nitrogens with zero attached hydrogens (tertiary/aromatic N) is 4. The SMILES string of the molecule is Cl.Cn1nnnc1-c1ccc(OC/C(=C\F)CN)cc1. The highest BCUT2D eigenvalue weighted by Crippen LogP contribution is 2.19. The van der Waals surface area contributed by atoms with Crippen LogP contribution in [-0.2, 0) is 7.05 Å². The Kier molecular flexibility index (Phi) is 6.08. The van der Waals surface area contributed by atoms with Crippen molar-refractivity contribution in [2.24, 2.45) is 12.8 Å². The van der Waals surface area contributed by atoms with Gasteiger partial charge >= 0.3 is 0 Å². The predicted molar refractivity (Wildman–Crippen MR) is 75.2 cm³/mol. The quantitative estimate of drug-likeness (QED) is 0.905. The first-order valence-electron chi connectivity index (χ1n) is 5.68. The van der Waals surface area contributed by atoms with E-state index in [-0.39, 0.29) is 25.6 Å². The smallest absolute Gasteiger partial charge is 0.181 e. The van der Waals surface area contributed by atoms with E-state index in [2.05, 4.69) is 15.5 Å². The molecule has 0 fully saturated rings. The number of benzene rings is 1. The molecule has 2 rings (SSSR count). The Morgan fingerprint density at radius 1 is 1.40 bits per heavy atom. The highest BCUT2D eigenvalue weighted by atomic mass is 35.5. The van der Waals surface area contributed by atoms with Gasteiger partial charge in [-0.1, -0.05) is 0 Å². The predicted octanol–water partition coefficient (Wildman–Crippen LogP) is 1.49. The fourth-order valence-electron chi connectivity index (χ4n) is 1.49. The van der Waals surface area contributed by atoms with Crippen LogP contribution in [-0.4, -0.2) is 33.4 Å². The lowest BCUT2D eigenvalue weighted by Gasteiger charge is -2.07. The standard InChI is InChI=1S/C12H14FN5O.ClH/c1-18-12(15-16-17-18)10-2-4-11(5-3-10)19-8-9(6-13)7-14;/h2-6H,7-8,14H2,1H3;1H/b9-6-;. The van der Waals surface area contributed by atoms with Crippen molar-refractivity contribution in [1.82, 2.24) is 20.2 Å². The number of nitrogens with two attached hydrogens (primary N) is 1. The number of ether oxygens (including phenoxy) is 1. The lowest BCUT2D eigenvalue weighted by atomic mass is 10.2. The Morgan fingerprint density at radius 2 is 2.10 bits per heavy atom. The van der Waals surface area contributed by atoms with Gasteiger partial charge in [0.25, 0.3) is 0 Å². The molecule has 108 valence electrons. The van der Waals surface area contributed by atoms with Crippen molar-refractivity contribution in [3.8, 4) is 17.1 Å². The molecule has 2 aromatic rings. The molecule has 0 saturated heterocycles. The molecule has 0 spiro atoms. The van der Waals surface area contributed by atoms with Crippen LogP contribution in [0.2, 0.25) is 0 Å². The number of rotatable bonds is 5. The van der Waals surface area contributed by atoms with Crippen LogP contribution in [0.5, 0.6) is 5.75 Å². The second-order valence-corrected chi connectivity index (χ2v) is 3.91. The van der Waals surface area contributed by atoms with Gasteiger partial charge in [0.1, 0.15) is 12.4 Å². The number of aryl methyl sites for hydroxylation is 1. The summed E-state index contributed by atoms with van der Waals surface area (Å²) in [6.07, 6.45) is 0.472. The number of hydrogen-bond acceptors (Lipinski definition) is 5. The average Bonchev–Trinajstić information content (AvgIpc) is 2.87. The molecular weight excluding hydrogens is 285 g/mol. The molecule has 1 aromatic carbocycles. The van der Waals surface area contributed by atoms with E-state index < -0.39 is 0 Å². The van der Waals surface area contributed by atoms with Gasteiger partial charge < -0.3 is 10.5 Å². The molecule has 0 aliphatic rings. The molecule has 0 aliphatic heterocycles. The molecule has 6 nitrogen and oxygen atoms in total. The Morgan fingerprint density at radius 3 is 2.60 bits per heavy atom. The number of halogens is 2. The van der Waals surface area contributed by atoms with Gasteiger partial charge in [-0.25, -0.2) is 9.07 Å². The lowest BCUT2D eigenvalue weighted by Crippen LogP contribution is -2.10. The van der Waals surface area contributed by atoms with Crippen molar-refractivity contribution in [2.45, 2.75) is 0 Å². The van der Waals surface area contributed by atoms with Crippen molar-refractivity contribution in [3.05, 3.63) is 36.2 Å². The zero-order chi connectivity index (χ0) is 13.7. The lowest BCUT2D eigenvalue weighted by molar-refractivity contribution is 0.347. The largest absolute Gasteiger partial charge is 0.489 e. The summed E-state index contributed by atoms with van der Waals surface area (Å²) in [5.74, 6) is 1.30. The second-order valence-electron chi connectivity index (χ2n) is 3.91. The normalized spacial score (nSPS) is 11.1. The van der Waals surface area contributed by atoms with E-state index in [0.717, 1.165) is 5.56 Å². The van der Waals surface area contributed by atoms with Gasteiger partial charge in [0.2, 0.25) is 0 Å². The fraction of sp³-hybridized carbons (Fsp3) is 0.250. The molecule has 1 aromatic heterocycles. The fourth-order valence-corrected chi connectivity index (χ4v) is 1.49. The molecule has 8 heteroatoms. The van der Waals surface area contributed by atoms with Crippen molar-refractivity contribution >= 4 is 12.4 Å². The minimum atomic E-state index is 0. The van der Waals surface area contributed by atoms with Gasteiger partial charge in [0, 0.05) is 24.7 Å². The van der Waals surface area contributed by atoms with Crippen LogP contribution < -0.4 is 10.5 Å². The highest BCUT2D eigenvalue weighted by molar-refractivity contribution is 5.85. The molecule has 0 bridgehead atoms. The minimum absolute atomic E-state index is 0. The van der Waals surface area contributed by atoms with E-state index >= 15 is 0 Å². The third kappa shape index (κ3) is 3.75. The van der Waals surface area contributed by atoms with Gasteiger partial charge in [0.05, 0.1) is 6.33 Å². The van der Waals surface area contributed by atoms with E-state index in [4.69, 9.17) is 10.5 Å². The summed E-state index contributed by atoms with van der Waals surface area (Å²) in [7, 11) is 1.76. The first-order chi connectivity index (χ1) is 9.24. The Hall–Kier alpha value is -1.99.